The highest BCUT2D eigenvalue weighted by molar-refractivity contribution is 4.85. The number of hydrogen-bond donors (Lipinski definition) is 4. The second kappa shape index (κ2) is 7.97. The molecule has 0 aromatic heterocycles. The molecule has 17 heavy (non-hydrogen) atoms. The molecule has 0 aliphatic carbocycles. The second-order valence-corrected chi connectivity index (χ2v) is 4.34. The summed E-state index contributed by atoms with van der Waals surface area (Å²) >= 11 is 0. The van der Waals surface area contributed by atoms with Gasteiger partial charge in [0.15, 0.2) is 0 Å². The van der Waals surface area contributed by atoms with Crippen LogP contribution in [0.15, 0.2) is 0 Å². The van der Waals surface area contributed by atoms with E-state index in [1.165, 1.54) is 0 Å². The molecule has 0 amide bonds. The zero-order valence-electron chi connectivity index (χ0n) is 9.99. The lowest BCUT2D eigenvalue weighted by Gasteiger charge is -2.36. The van der Waals surface area contributed by atoms with Crippen molar-refractivity contribution in [3.8, 4) is 0 Å². The van der Waals surface area contributed by atoms with Crippen molar-refractivity contribution < 1.29 is 24.8 Å². The first kappa shape index (κ1) is 14.8. The van der Waals surface area contributed by atoms with Crippen molar-refractivity contribution in [3.63, 3.8) is 0 Å². The molecule has 1 aliphatic heterocycles. The Morgan fingerprint density at radius 3 is 2.71 bits per heavy atom. The van der Waals surface area contributed by atoms with Crippen molar-refractivity contribution >= 4 is 0 Å². The number of unbranched alkanes of at least 4 members (excludes halogenated alkanes) is 1. The Hall–Kier alpha value is -0.240. The molecule has 1 fully saturated rings. The first-order chi connectivity index (χ1) is 8.19. The number of aliphatic hydroxyl groups is 3. The largest absolute Gasteiger partial charge is 0.394 e. The Morgan fingerprint density at radius 2 is 2.06 bits per heavy atom. The van der Waals surface area contributed by atoms with Gasteiger partial charge in [-0.25, -0.2) is 0 Å². The van der Waals surface area contributed by atoms with Crippen LogP contribution in [-0.4, -0.2) is 66.1 Å². The van der Waals surface area contributed by atoms with Crippen LogP contribution in [0, 0.1) is 0 Å². The first-order valence-electron chi connectivity index (χ1n) is 6.09. The van der Waals surface area contributed by atoms with Crippen LogP contribution in [0.4, 0.5) is 0 Å². The van der Waals surface area contributed by atoms with Gasteiger partial charge < -0.3 is 30.5 Å². The third kappa shape index (κ3) is 4.87. The summed E-state index contributed by atoms with van der Waals surface area (Å²) in [6.07, 6.45) is -0.798. The molecule has 1 aliphatic rings. The number of aliphatic hydroxyl groups excluding tert-OH is 3. The number of ether oxygens (including phenoxy) is 2. The highest BCUT2D eigenvalue weighted by Crippen LogP contribution is 2.20. The maximum Gasteiger partial charge on any atom is 0.110 e. The Morgan fingerprint density at radius 1 is 1.29 bits per heavy atom. The molecule has 4 unspecified atom stereocenters. The van der Waals surface area contributed by atoms with E-state index in [-0.39, 0.29) is 19.6 Å². The summed E-state index contributed by atoms with van der Waals surface area (Å²) < 4.78 is 10.8. The van der Waals surface area contributed by atoms with E-state index in [9.17, 15) is 10.2 Å². The molecule has 0 radical (unpaired) electrons. The highest BCUT2D eigenvalue weighted by atomic mass is 16.6. The van der Waals surface area contributed by atoms with Gasteiger partial charge >= 0.3 is 0 Å². The van der Waals surface area contributed by atoms with Crippen molar-refractivity contribution in [1.82, 2.24) is 0 Å². The number of rotatable bonds is 7. The van der Waals surface area contributed by atoms with Gasteiger partial charge in [0.25, 0.3) is 0 Å². The average Bonchev–Trinajstić information content (AvgIpc) is 2.33. The third-order valence-corrected chi connectivity index (χ3v) is 2.88. The minimum atomic E-state index is -0.952. The molecule has 0 aromatic carbocycles. The van der Waals surface area contributed by atoms with Crippen molar-refractivity contribution in [2.45, 2.75) is 43.7 Å². The predicted molar refractivity (Wildman–Crippen MR) is 61.5 cm³/mol. The van der Waals surface area contributed by atoms with Gasteiger partial charge in [0.1, 0.15) is 12.2 Å². The van der Waals surface area contributed by atoms with E-state index in [2.05, 4.69) is 0 Å². The molecule has 6 heteroatoms. The fourth-order valence-corrected chi connectivity index (χ4v) is 1.84. The Balaban J connectivity index is 2.24. The molecule has 1 heterocycles. The van der Waals surface area contributed by atoms with E-state index in [1.807, 2.05) is 0 Å². The summed E-state index contributed by atoms with van der Waals surface area (Å²) in [5.41, 5.74) is 5.35. The molecule has 0 saturated carbocycles. The summed E-state index contributed by atoms with van der Waals surface area (Å²) in [5.74, 6) is 0. The van der Waals surface area contributed by atoms with Gasteiger partial charge in [-0.3, -0.25) is 0 Å². The molecule has 1 saturated heterocycles. The summed E-state index contributed by atoms with van der Waals surface area (Å²) in [4.78, 5) is 0. The van der Waals surface area contributed by atoms with Crippen molar-refractivity contribution in [2.24, 2.45) is 5.73 Å². The predicted octanol–water partition coefficient (Wildman–Crippen LogP) is -1.39. The van der Waals surface area contributed by atoms with Crippen LogP contribution in [0.5, 0.6) is 0 Å². The molecule has 102 valence electrons. The first-order valence-corrected chi connectivity index (χ1v) is 6.09. The molecular weight excluding hydrogens is 226 g/mol. The minimum absolute atomic E-state index is 0.159. The molecule has 6 nitrogen and oxygen atoms in total. The molecule has 0 spiro atoms. The van der Waals surface area contributed by atoms with Gasteiger partial charge in [0, 0.05) is 13.0 Å². The minimum Gasteiger partial charge on any atom is -0.394 e. The van der Waals surface area contributed by atoms with E-state index in [0.29, 0.717) is 13.2 Å². The smallest absolute Gasteiger partial charge is 0.110 e. The Labute approximate surface area is 101 Å². The SMILES string of the molecule is NCCCCOCC1OC(CO)CC(O)C1O. The topological polar surface area (TPSA) is 105 Å². The van der Waals surface area contributed by atoms with Crippen LogP contribution < -0.4 is 5.73 Å². The lowest BCUT2D eigenvalue weighted by atomic mass is 9.98. The van der Waals surface area contributed by atoms with Gasteiger partial charge in [-0.05, 0) is 19.4 Å². The number of hydrogen-bond acceptors (Lipinski definition) is 6. The maximum absolute atomic E-state index is 9.70. The van der Waals surface area contributed by atoms with E-state index in [0.717, 1.165) is 12.8 Å². The normalized spacial score (nSPS) is 33.9. The van der Waals surface area contributed by atoms with E-state index in [4.69, 9.17) is 20.3 Å². The average molecular weight is 249 g/mol. The van der Waals surface area contributed by atoms with Crippen molar-refractivity contribution in [2.75, 3.05) is 26.4 Å². The molecule has 1 rings (SSSR count). The lowest BCUT2D eigenvalue weighted by molar-refractivity contribution is -0.192. The fourth-order valence-electron chi connectivity index (χ4n) is 1.84. The molecule has 0 aromatic rings. The zero-order chi connectivity index (χ0) is 12.7. The van der Waals surface area contributed by atoms with Gasteiger partial charge in [-0.1, -0.05) is 0 Å². The van der Waals surface area contributed by atoms with Crippen LogP contribution in [0.3, 0.4) is 0 Å². The molecule has 0 bridgehead atoms. The highest BCUT2D eigenvalue weighted by Gasteiger charge is 2.36. The van der Waals surface area contributed by atoms with Crippen LogP contribution in [-0.2, 0) is 9.47 Å². The maximum atomic E-state index is 9.70. The van der Waals surface area contributed by atoms with Gasteiger partial charge in [0.05, 0.1) is 25.4 Å². The quantitative estimate of drug-likeness (QED) is 0.414. The summed E-state index contributed by atoms with van der Waals surface area (Å²) in [7, 11) is 0. The monoisotopic (exact) mass is 249 g/mol. The summed E-state index contributed by atoms with van der Waals surface area (Å²) in [5, 5.41) is 28.3. The van der Waals surface area contributed by atoms with Gasteiger partial charge in [-0.15, -0.1) is 0 Å². The van der Waals surface area contributed by atoms with E-state index >= 15 is 0 Å². The summed E-state index contributed by atoms with van der Waals surface area (Å²) in [6, 6.07) is 0. The third-order valence-electron chi connectivity index (χ3n) is 2.88. The van der Waals surface area contributed by atoms with E-state index < -0.39 is 24.4 Å². The van der Waals surface area contributed by atoms with E-state index in [1.54, 1.807) is 0 Å². The van der Waals surface area contributed by atoms with Crippen LogP contribution in [0.2, 0.25) is 0 Å². The van der Waals surface area contributed by atoms with Crippen molar-refractivity contribution in [3.05, 3.63) is 0 Å². The van der Waals surface area contributed by atoms with Crippen molar-refractivity contribution in [1.29, 1.82) is 0 Å². The van der Waals surface area contributed by atoms with Crippen LogP contribution >= 0.6 is 0 Å². The van der Waals surface area contributed by atoms with Gasteiger partial charge in [0.2, 0.25) is 0 Å². The van der Waals surface area contributed by atoms with Gasteiger partial charge in [-0.2, -0.15) is 0 Å². The van der Waals surface area contributed by atoms with Crippen LogP contribution in [0.1, 0.15) is 19.3 Å². The molecular formula is C11H23NO5. The lowest BCUT2D eigenvalue weighted by Crippen LogP contribution is -2.51. The Kier molecular flexibility index (Phi) is 6.94. The fraction of sp³-hybridized carbons (Fsp3) is 1.00. The Bertz CT molecular complexity index is 204. The van der Waals surface area contributed by atoms with Crippen LogP contribution in [0.25, 0.3) is 0 Å². The summed E-state index contributed by atoms with van der Waals surface area (Å²) in [6.45, 7) is 1.26. The number of nitrogens with two attached hydrogens (primary N) is 1. The zero-order valence-corrected chi connectivity index (χ0v) is 9.99. The molecule has 5 N–H and O–H groups in total. The standard InChI is InChI=1S/C11H23NO5/c12-3-1-2-4-16-7-10-11(15)9(14)5-8(6-13)17-10/h8-11,13-15H,1-7,12H2. The second-order valence-electron chi connectivity index (χ2n) is 4.34. The molecule has 4 atom stereocenters.